The van der Waals surface area contributed by atoms with E-state index in [9.17, 15) is 5.11 Å². The highest BCUT2D eigenvalue weighted by atomic mass is 16.3. The van der Waals surface area contributed by atoms with Crippen molar-refractivity contribution in [1.29, 1.82) is 0 Å². The molecule has 3 aromatic rings. The summed E-state index contributed by atoms with van der Waals surface area (Å²) in [5.41, 5.74) is 3.25. The van der Waals surface area contributed by atoms with Crippen LogP contribution >= 0.6 is 0 Å². The Bertz CT molecular complexity index is 716. The van der Waals surface area contributed by atoms with Crippen molar-refractivity contribution < 1.29 is 5.11 Å². The van der Waals surface area contributed by atoms with Gasteiger partial charge in [0, 0.05) is 18.3 Å². The molecule has 0 aliphatic heterocycles. The second-order valence-electron chi connectivity index (χ2n) is 4.60. The normalized spacial score (nSPS) is 11.1. The number of benzene rings is 2. The third kappa shape index (κ3) is 2.13. The molecule has 0 saturated carbocycles. The van der Waals surface area contributed by atoms with Crippen molar-refractivity contribution in [3.63, 3.8) is 0 Å². The van der Waals surface area contributed by atoms with E-state index in [0.29, 0.717) is 0 Å². The second kappa shape index (κ2) is 4.86. The lowest BCUT2D eigenvalue weighted by Crippen LogP contribution is -1.92. The fourth-order valence-electron chi connectivity index (χ4n) is 2.36. The molecule has 3 heteroatoms. The molecule has 3 nitrogen and oxygen atoms in total. The standard InChI is InChI=1S/C16H16N2O/c1-2-18-10-14(9-17-18)15-5-3-4-13-8-12(11-19)6-7-16(13)15/h3-10,19H,2,11H2,1H3. The maximum absolute atomic E-state index is 9.21. The van der Waals surface area contributed by atoms with Crippen LogP contribution in [0.4, 0.5) is 0 Å². The molecule has 0 radical (unpaired) electrons. The van der Waals surface area contributed by atoms with Crippen LogP contribution in [0.2, 0.25) is 0 Å². The molecular weight excluding hydrogens is 236 g/mol. The summed E-state index contributed by atoms with van der Waals surface area (Å²) in [5, 5.41) is 15.9. The zero-order valence-corrected chi connectivity index (χ0v) is 10.9. The molecule has 1 aromatic heterocycles. The molecule has 96 valence electrons. The van der Waals surface area contributed by atoms with Crippen LogP contribution in [-0.4, -0.2) is 14.9 Å². The third-order valence-electron chi connectivity index (χ3n) is 3.40. The van der Waals surface area contributed by atoms with Crippen LogP contribution in [0.5, 0.6) is 0 Å². The maximum atomic E-state index is 9.21. The van der Waals surface area contributed by atoms with Gasteiger partial charge in [-0.25, -0.2) is 0 Å². The van der Waals surface area contributed by atoms with E-state index in [-0.39, 0.29) is 6.61 Å². The van der Waals surface area contributed by atoms with Gasteiger partial charge in [-0.15, -0.1) is 0 Å². The van der Waals surface area contributed by atoms with Gasteiger partial charge in [-0.2, -0.15) is 5.10 Å². The van der Waals surface area contributed by atoms with E-state index in [2.05, 4.69) is 36.4 Å². The Morgan fingerprint density at radius 3 is 2.84 bits per heavy atom. The van der Waals surface area contributed by atoms with Crippen molar-refractivity contribution in [3.05, 3.63) is 54.4 Å². The van der Waals surface area contributed by atoms with Gasteiger partial charge in [-0.3, -0.25) is 4.68 Å². The highest BCUT2D eigenvalue weighted by Gasteiger charge is 2.06. The fraction of sp³-hybridized carbons (Fsp3) is 0.188. The lowest BCUT2D eigenvalue weighted by Gasteiger charge is -2.06. The average molecular weight is 252 g/mol. The van der Waals surface area contributed by atoms with Crippen LogP contribution in [0.25, 0.3) is 21.9 Å². The van der Waals surface area contributed by atoms with Crippen LogP contribution in [0.3, 0.4) is 0 Å². The second-order valence-corrected chi connectivity index (χ2v) is 4.60. The van der Waals surface area contributed by atoms with E-state index >= 15 is 0 Å². The summed E-state index contributed by atoms with van der Waals surface area (Å²) in [6, 6.07) is 12.3. The van der Waals surface area contributed by atoms with Gasteiger partial charge in [-0.05, 0) is 34.9 Å². The topological polar surface area (TPSA) is 38.0 Å². The van der Waals surface area contributed by atoms with Gasteiger partial charge in [-0.1, -0.05) is 30.3 Å². The highest BCUT2D eigenvalue weighted by molar-refractivity contribution is 5.96. The number of rotatable bonds is 3. The Labute approximate surface area is 112 Å². The number of aliphatic hydroxyl groups is 1. The van der Waals surface area contributed by atoms with E-state index in [1.165, 1.54) is 10.9 Å². The molecule has 19 heavy (non-hydrogen) atoms. The lowest BCUT2D eigenvalue weighted by molar-refractivity contribution is 0.282. The Balaban J connectivity index is 2.18. The molecular formula is C16H16N2O. The molecule has 0 unspecified atom stereocenters. The van der Waals surface area contributed by atoms with E-state index in [4.69, 9.17) is 0 Å². The predicted octanol–water partition coefficient (Wildman–Crippen LogP) is 3.22. The van der Waals surface area contributed by atoms with Gasteiger partial charge in [0.2, 0.25) is 0 Å². The summed E-state index contributed by atoms with van der Waals surface area (Å²) in [5.74, 6) is 0. The molecule has 0 aliphatic carbocycles. The highest BCUT2D eigenvalue weighted by Crippen LogP contribution is 2.28. The van der Waals surface area contributed by atoms with Crippen LogP contribution in [0.1, 0.15) is 12.5 Å². The van der Waals surface area contributed by atoms with Crippen molar-refractivity contribution in [2.75, 3.05) is 0 Å². The smallest absolute Gasteiger partial charge is 0.0682 e. The summed E-state index contributed by atoms with van der Waals surface area (Å²) in [6.07, 6.45) is 3.97. The Hall–Kier alpha value is -2.13. The summed E-state index contributed by atoms with van der Waals surface area (Å²) in [6.45, 7) is 3.03. The van der Waals surface area contributed by atoms with Crippen LogP contribution in [0, 0.1) is 0 Å². The molecule has 3 rings (SSSR count). The molecule has 1 N–H and O–H groups in total. The van der Waals surface area contributed by atoms with Crippen molar-refractivity contribution >= 4 is 10.8 Å². The zero-order valence-electron chi connectivity index (χ0n) is 10.9. The number of hydrogen-bond donors (Lipinski definition) is 1. The van der Waals surface area contributed by atoms with E-state index < -0.39 is 0 Å². The first-order valence-electron chi connectivity index (χ1n) is 6.47. The number of fused-ring (bicyclic) bond motifs is 1. The number of aliphatic hydroxyl groups excluding tert-OH is 1. The van der Waals surface area contributed by atoms with Gasteiger partial charge in [0.05, 0.1) is 12.8 Å². The van der Waals surface area contributed by atoms with Crippen LogP contribution in [-0.2, 0) is 13.2 Å². The molecule has 2 aromatic carbocycles. The average Bonchev–Trinajstić information content (AvgIpc) is 2.94. The zero-order chi connectivity index (χ0) is 13.2. The molecule has 0 saturated heterocycles. The number of hydrogen-bond acceptors (Lipinski definition) is 2. The molecule has 0 spiro atoms. The molecule has 0 atom stereocenters. The van der Waals surface area contributed by atoms with Gasteiger partial charge >= 0.3 is 0 Å². The van der Waals surface area contributed by atoms with E-state index in [0.717, 1.165) is 23.1 Å². The largest absolute Gasteiger partial charge is 0.392 e. The fourth-order valence-corrected chi connectivity index (χ4v) is 2.36. The lowest BCUT2D eigenvalue weighted by atomic mass is 9.99. The minimum absolute atomic E-state index is 0.0773. The Kier molecular flexibility index (Phi) is 3.05. The van der Waals surface area contributed by atoms with Crippen LogP contribution in [0.15, 0.2) is 48.8 Å². The van der Waals surface area contributed by atoms with Crippen molar-refractivity contribution in [1.82, 2.24) is 9.78 Å². The summed E-state index contributed by atoms with van der Waals surface area (Å²) < 4.78 is 1.93. The molecule has 0 fully saturated rings. The SMILES string of the molecule is CCn1cc(-c2cccc3cc(CO)ccc23)cn1. The summed E-state index contributed by atoms with van der Waals surface area (Å²) in [4.78, 5) is 0. The van der Waals surface area contributed by atoms with Gasteiger partial charge in [0.15, 0.2) is 0 Å². The molecule has 0 amide bonds. The van der Waals surface area contributed by atoms with E-state index in [1.54, 1.807) is 0 Å². The monoisotopic (exact) mass is 252 g/mol. The number of nitrogens with zero attached hydrogens (tertiary/aromatic N) is 2. The summed E-state index contributed by atoms with van der Waals surface area (Å²) >= 11 is 0. The maximum Gasteiger partial charge on any atom is 0.0682 e. The number of aromatic nitrogens is 2. The quantitative estimate of drug-likeness (QED) is 0.777. The minimum atomic E-state index is 0.0773. The predicted molar refractivity (Wildman–Crippen MR) is 76.8 cm³/mol. The first kappa shape index (κ1) is 11.9. The van der Waals surface area contributed by atoms with Gasteiger partial charge in [0.25, 0.3) is 0 Å². The van der Waals surface area contributed by atoms with Crippen molar-refractivity contribution in [2.24, 2.45) is 0 Å². The minimum Gasteiger partial charge on any atom is -0.392 e. The first-order valence-corrected chi connectivity index (χ1v) is 6.47. The van der Waals surface area contributed by atoms with E-state index in [1.807, 2.05) is 29.1 Å². The molecule has 0 aliphatic rings. The molecule has 0 bridgehead atoms. The van der Waals surface area contributed by atoms with Crippen molar-refractivity contribution in [2.45, 2.75) is 20.1 Å². The summed E-state index contributed by atoms with van der Waals surface area (Å²) in [7, 11) is 0. The van der Waals surface area contributed by atoms with Crippen LogP contribution < -0.4 is 0 Å². The van der Waals surface area contributed by atoms with Gasteiger partial charge < -0.3 is 5.11 Å². The molecule has 1 heterocycles. The van der Waals surface area contributed by atoms with Gasteiger partial charge in [0.1, 0.15) is 0 Å². The first-order chi connectivity index (χ1) is 9.31. The third-order valence-corrected chi connectivity index (χ3v) is 3.40. The number of aryl methyl sites for hydroxylation is 1. The Morgan fingerprint density at radius 1 is 1.21 bits per heavy atom. The van der Waals surface area contributed by atoms with Crippen molar-refractivity contribution in [3.8, 4) is 11.1 Å². The Morgan fingerprint density at radius 2 is 2.11 bits per heavy atom.